The second kappa shape index (κ2) is 7.27. The van der Waals surface area contributed by atoms with Gasteiger partial charge in [0.2, 0.25) is 5.88 Å². The summed E-state index contributed by atoms with van der Waals surface area (Å²) in [4.78, 5) is 6.43. The van der Waals surface area contributed by atoms with Crippen LogP contribution in [-0.2, 0) is 6.54 Å². The summed E-state index contributed by atoms with van der Waals surface area (Å²) in [5, 5.41) is 4.67. The molecule has 24 heavy (non-hydrogen) atoms. The van der Waals surface area contributed by atoms with E-state index in [4.69, 9.17) is 4.74 Å². The minimum absolute atomic E-state index is 0.620. The number of ether oxygens (including phenoxy) is 1. The second-order valence-corrected chi connectivity index (χ2v) is 5.94. The molecule has 0 spiro atoms. The molecule has 0 saturated carbocycles. The van der Waals surface area contributed by atoms with Crippen molar-refractivity contribution in [2.75, 3.05) is 27.7 Å². The molecule has 2 aromatic heterocycles. The van der Waals surface area contributed by atoms with Crippen LogP contribution in [0.2, 0.25) is 0 Å². The van der Waals surface area contributed by atoms with Crippen LogP contribution in [0.3, 0.4) is 0 Å². The smallest absolute Gasteiger partial charge is 0.212 e. The fourth-order valence-electron chi connectivity index (χ4n) is 2.47. The molecule has 0 atom stereocenters. The van der Waals surface area contributed by atoms with E-state index in [1.54, 1.807) is 7.11 Å². The highest BCUT2D eigenvalue weighted by atomic mass is 16.5. The van der Waals surface area contributed by atoms with Gasteiger partial charge >= 0.3 is 0 Å². The van der Waals surface area contributed by atoms with Gasteiger partial charge in [-0.2, -0.15) is 5.10 Å². The molecule has 0 bridgehead atoms. The first kappa shape index (κ1) is 16.2. The van der Waals surface area contributed by atoms with Crippen LogP contribution in [0.4, 0.5) is 0 Å². The van der Waals surface area contributed by atoms with Crippen molar-refractivity contribution in [1.29, 1.82) is 0 Å². The van der Waals surface area contributed by atoms with E-state index in [0.29, 0.717) is 5.88 Å². The van der Waals surface area contributed by atoms with E-state index in [1.165, 1.54) is 0 Å². The Balaban J connectivity index is 1.82. The number of hydrogen-bond acceptors (Lipinski definition) is 4. The monoisotopic (exact) mass is 322 g/mol. The normalized spacial score (nSPS) is 11.0. The number of pyridine rings is 1. The summed E-state index contributed by atoms with van der Waals surface area (Å²) < 4.78 is 7.10. The molecule has 3 aromatic rings. The number of likely N-dealkylation sites (N-methyl/N-ethyl adjacent to an activating group) is 1. The molecule has 0 amide bonds. The number of hydrogen-bond donors (Lipinski definition) is 0. The summed E-state index contributed by atoms with van der Waals surface area (Å²) in [6, 6.07) is 14.3. The van der Waals surface area contributed by atoms with E-state index in [9.17, 15) is 0 Å². The molecule has 3 rings (SSSR count). The number of rotatable bonds is 6. The molecule has 0 aliphatic heterocycles. The van der Waals surface area contributed by atoms with Gasteiger partial charge in [-0.05, 0) is 37.9 Å². The molecule has 0 radical (unpaired) electrons. The quantitative estimate of drug-likeness (QED) is 0.699. The Morgan fingerprint density at radius 1 is 1.04 bits per heavy atom. The average Bonchev–Trinajstić information content (AvgIpc) is 3.09. The van der Waals surface area contributed by atoms with Gasteiger partial charge in [-0.15, -0.1) is 0 Å². The third kappa shape index (κ3) is 3.81. The van der Waals surface area contributed by atoms with Crippen molar-refractivity contribution < 1.29 is 4.74 Å². The van der Waals surface area contributed by atoms with Crippen molar-refractivity contribution in [3.8, 4) is 28.3 Å². The third-order valence-electron chi connectivity index (χ3n) is 3.85. The number of benzene rings is 1. The van der Waals surface area contributed by atoms with Crippen molar-refractivity contribution >= 4 is 0 Å². The maximum atomic E-state index is 5.11. The van der Waals surface area contributed by atoms with Gasteiger partial charge in [-0.3, -0.25) is 4.68 Å². The molecular weight excluding hydrogens is 300 g/mol. The topological polar surface area (TPSA) is 43.2 Å². The van der Waals surface area contributed by atoms with Crippen molar-refractivity contribution in [2.24, 2.45) is 0 Å². The van der Waals surface area contributed by atoms with E-state index in [2.05, 4.69) is 53.3 Å². The maximum Gasteiger partial charge on any atom is 0.212 e. The van der Waals surface area contributed by atoms with Crippen LogP contribution < -0.4 is 4.74 Å². The van der Waals surface area contributed by atoms with E-state index >= 15 is 0 Å². The summed E-state index contributed by atoms with van der Waals surface area (Å²) >= 11 is 0. The van der Waals surface area contributed by atoms with Gasteiger partial charge in [0.15, 0.2) is 0 Å². The Morgan fingerprint density at radius 3 is 2.58 bits per heavy atom. The van der Waals surface area contributed by atoms with Crippen molar-refractivity contribution in [3.63, 3.8) is 0 Å². The zero-order chi connectivity index (χ0) is 16.9. The molecule has 0 saturated heterocycles. The molecular formula is C19H22N4O. The molecule has 5 heteroatoms. The first-order valence-corrected chi connectivity index (χ1v) is 7.95. The van der Waals surface area contributed by atoms with Gasteiger partial charge < -0.3 is 9.64 Å². The van der Waals surface area contributed by atoms with Crippen LogP contribution >= 0.6 is 0 Å². The highest BCUT2D eigenvalue weighted by Gasteiger charge is 2.06. The third-order valence-corrected chi connectivity index (χ3v) is 3.85. The number of aromatic nitrogens is 3. The highest BCUT2D eigenvalue weighted by Crippen LogP contribution is 2.25. The predicted octanol–water partition coefficient (Wildman–Crippen LogP) is 3.18. The summed E-state index contributed by atoms with van der Waals surface area (Å²) in [5.74, 6) is 0.620. The predicted molar refractivity (Wildman–Crippen MR) is 96.0 cm³/mol. The summed E-state index contributed by atoms with van der Waals surface area (Å²) in [6.45, 7) is 1.85. The van der Waals surface area contributed by atoms with Gasteiger partial charge in [0.05, 0.1) is 19.3 Å². The Labute approximate surface area is 142 Å². The van der Waals surface area contributed by atoms with Crippen LogP contribution in [-0.4, -0.2) is 47.4 Å². The second-order valence-electron chi connectivity index (χ2n) is 5.94. The van der Waals surface area contributed by atoms with Gasteiger partial charge in [-0.1, -0.05) is 18.2 Å². The van der Waals surface area contributed by atoms with Crippen LogP contribution in [0.5, 0.6) is 5.88 Å². The zero-order valence-corrected chi connectivity index (χ0v) is 14.3. The van der Waals surface area contributed by atoms with Gasteiger partial charge in [0, 0.05) is 36.1 Å². The molecule has 0 unspecified atom stereocenters. The van der Waals surface area contributed by atoms with Crippen LogP contribution in [0.25, 0.3) is 22.4 Å². The molecule has 5 nitrogen and oxygen atoms in total. The molecule has 0 fully saturated rings. The lowest BCUT2D eigenvalue weighted by Gasteiger charge is -2.08. The number of nitrogens with zero attached hydrogens (tertiary/aromatic N) is 4. The number of methoxy groups -OCH3 is 1. The lowest BCUT2D eigenvalue weighted by atomic mass is 10.0. The van der Waals surface area contributed by atoms with Gasteiger partial charge in [0.1, 0.15) is 0 Å². The van der Waals surface area contributed by atoms with Crippen LogP contribution in [0.1, 0.15) is 0 Å². The Kier molecular flexibility index (Phi) is 4.91. The first-order valence-electron chi connectivity index (χ1n) is 7.95. The fourth-order valence-corrected chi connectivity index (χ4v) is 2.47. The fraction of sp³-hybridized carbons (Fsp3) is 0.263. The molecule has 0 N–H and O–H groups in total. The summed E-state index contributed by atoms with van der Waals surface area (Å²) in [7, 11) is 5.75. The SMILES string of the molecule is COc1ccc(-c2cccc(-c3ccn(CCN(C)C)n3)c2)cn1. The molecule has 1 aromatic carbocycles. The standard InChI is InChI=1S/C19H22N4O/c1-22(2)11-12-23-10-9-18(21-23)16-6-4-5-15(13-16)17-7-8-19(24-3)20-14-17/h4-10,13-14H,11-12H2,1-3H3. The highest BCUT2D eigenvalue weighted by molar-refractivity contribution is 5.70. The van der Waals surface area contributed by atoms with Crippen LogP contribution in [0, 0.1) is 0 Å². The minimum atomic E-state index is 0.620. The minimum Gasteiger partial charge on any atom is -0.481 e. The Bertz CT molecular complexity index is 793. The zero-order valence-electron chi connectivity index (χ0n) is 14.3. The lowest BCUT2D eigenvalue weighted by molar-refractivity contribution is 0.373. The van der Waals surface area contributed by atoms with Crippen molar-refractivity contribution in [3.05, 3.63) is 54.9 Å². The largest absolute Gasteiger partial charge is 0.481 e. The Morgan fingerprint density at radius 2 is 1.88 bits per heavy atom. The summed E-state index contributed by atoms with van der Waals surface area (Å²) in [6.07, 6.45) is 3.86. The van der Waals surface area contributed by atoms with E-state index in [-0.39, 0.29) is 0 Å². The van der Waals surface area contributed by atoms with Gasteiger partial charge in [-0.25, -0.2) is 4.98 Å². The summed E-state index contributed by atoms with van der Waals surface area (Å²) in [5.41, 5.74) is 4.26. The van der Waals surface area contributed by atoms with Crippen molar-refractivity contribution in [1.82, 2.24) is 19.7 Å². The Hall–Kier alpha value is -2.66. The molecule has 2 heterocycles. The van der Waals surface area contributed by atoms with Crippen molar-refractivity contribution in [2.45, 2.75) is 6.54 Å². The maximum absolute atomic E-state index is 5.11. The lowest BCUT2D eigenvalue weighted by Crippen LogP contribution is -2.18. The first-order chi connectivity index (χ1) is 11.7. The molecule has 0 aliphatic rings. The van der Waals surface area contributed by atoms with Crippen LogP contribution in [0.15, 0.2) is 54.9 Å². The average molecular weight is 322 g/mol. The van der Waals surface area contributed by atoms with E-state index in [0.717, 1.165) is 35.5 Å². The molecule has 124 valence electrons. The molecule has 0 aliphatic carbocycles. The van der Waals surface area contributed by atoms with E-state index < -0.39 is 0 Å². The van der Waals surface area contributed by atoms with E-state index in [1.807, 2.05) is 35.3 Å². The van der Waals surface area contributed by atoms with Gasteiger partial charge in [0.25, 0.3) is 0 Å².